The van der Waals surface area contributed by atoms with Gasteiger partial charge in [-0.2, -0.15) is 0 Å². The third kappa shape index (κ3) is 3.84. The molecule has 1 fully saturated rings. The first-order valence-corrected chi connectivity index (χ1v) is 6.77. The first-order valence-electron chi connectivity index (χ1n) is 6.77. The summed E-state index contributed by atoms with van der Waals surface area (Å²) in [5.41, 5.74) is 2.66. The van der Waals surface area contributed by atoms with Crippen molar-refractivity contribution in [3.05, 3.63) is 35.4 Å². The van der Waals surface area contributed by atoms with Crippen molar-refractivity contribution in [2.75, 3.05) is 13.1 Å². The number of carboxylic acid groups (broad SMARTS) is 1. The summed E-state index contributed by atoms with van der Waals surface area (Å²) >= 11 is 0. The lowest BCUT2D eigenvalue weighted by Gasteiger charge is -2.23. The highest BCUT2D eigenvalue weighted by Crippen LogP contribution is 2.24. The SMILES string of the molecule is O=C(O)CCCc1cccc(C2CCCNC2)c1. The highest BCUT2D eigenvalue weighted by Gasteiger charge is 2.14. The molecule has 2 N–H and O–H groups in total. The molecule has 0 saturated carbocycles. The molecule has 3 heteroatoms. The third-order valence-corrected chi connectivity index (χ3v) is 3.58. The molecule has 1 aromatic carbocycles. The predicted octanol–water partition coefficient (Wildman–Crippen LogP) is 2.56. The number of piperidine rings is 1. The standard InChI is InChI=1S/C15H21NO2/c17-15(18)8-2-5-12-4-1-6-13(10-12)14-7-3-9-16-11-14/h1,4,6,10,14,16H,2-3,5,7-9,11H2,(H,17,18). The molecule has 1 aromatic rings. The molecule has 98 valence electrons. The minimum absolute atomic E-state index is 0.259. The molecule has 0 bridgehead atoms. The number of aryl methyl sites for hydroxylation is 1. The number of nitrogens with one attached hydrogen (secondary N) is 1. The fraction of sp³-hybridized carbons (Fsp3) is 0.533. The van der Waals surface area contributed by atoms with Gasteiger partial charge in [-0.1, -0.05) is 24.3 Å². The van der Waals surface area contributed by atoms with Crippen molar-refractivity contribution in [1.82, 2.24) is 5.32 Å². The molecule has 0 amide bonds. The minimum atomic E-state index is -0.706. The van der Waals surface area contributed by atoms with Gasteiger partial charge in [0.1, 0.15) is 0 Å². The Morgan fingerprint density at radius 2 is 2.33 bits per heavy atom. The summed E-state index contributed by atoms with van der Waals surface area (Å²) in [7, 11) is 0. The van der Waals surface area contributed by atoms with Crippen LogP contribution in [0.25, 0.3) is 0 Å². The van der Waals surface area contributed by atoms with Crippen LogP contribution in [0.5, 0.6) is 0 Å². The summed E-state index contributed by atoms with van der Waals surface area (Å²) in [5, 5.41) is 12.1. The van der Waals surface area contributed by atoms with Gasteiger partial charge >= 0.3 is 5.97 Å². The highest BCUT2D eigenvalue weighted by atomic mass is 16.4. The van der Waals surface area contributed by atoms with E-state index in [0.29, 0.717) is 5.92 Å². The first kappa shape index (κ1) is 13.1. The molecule has 1 saturated heterocycles. The van der Waals surface area contributed by atoms with Gasteiger partial charge in [0, 0.05) is 13.0 Å². The molecule has 1 heterocycles. The summed E-state index contributed by atoms with van der Waals surface area (Å²) in [6.45, 7) is 2.20. The van der Waals surface area contributed by atoms with Crippen LogP contribution < -0.4 is 5.32 Å². The van der Waals surface area contributed by atoms with Crippen LogP contribution in [-0.4, -0.2) is 24.2 Å². The molecule has 0 spiro atoms. The van der Waals surface area contributed by atoms with E-state index in [1.807, 2.05) is 0 Å². The van der Waals surface area contributed by atoms with Crippen LogP contribution in [0.2, 0.25) is 0 Å². The number of hydrogen-bond acceptors (Lipinski definition) is 2. The molecule has 0 aromatic heterocycles. The van der Waals surface area contributed by atoms with Crippen LogP contribution in [0, 0.1) is 0 Å². The van der Waals surface area contributed by atoms with Crippen molar-refractivity contribution < 1.29 is 9.90 Å². The highest BCUT2D eigenvalue weighted by molar-refractivity contribution is 5.66. The fourth-order valence-electron chi connectivity index (χ4n) is 2.58. The van der Waals surface area contributed by atoms with Gasteiger partial charge in [0.15, 0.2) is 0 Å². The van der Waals surface area contributed by atoms with Crippen LogP contribution >= 0.6 is 0 Å². The lowest BCUT2D eigenvalue weighted by molar-refractivity contribution is -0.137. The van der Waals surface area contributed by atoms with Gasteiger partial charge in [0.05, 0.1) is 0 Å². The number of aliphatic carboxylic acids is 1. The molecule has 1 aliphatic heterocycles. The molecule has 3 nitrogen and oxygen atoms in total. The van der Waals surface area contributed by atoms with Crippen LogP contribution in [-0.2, 0) is 11.2 Å². The average molecular weight is 247 g/mol. The molecular formula is C15H21NO2. The maximum Gasteiger partial charge on any atom is 0.303 e. The summed E-state index contributed by atoms with van der Waals surface area (Å²) in [4.78, 5) is 10.5. The van der Waals surface area contributed by atoms with E-state index in [1.54, 1.807) is 0 Å². The molecule has 18 heavy (non-hydrogen) atoms. The largest absolute Gasteiger partial charge is 0.481 e. The number of rotatable bonds is 5. The van der Waals surface area contributed by atoms with E-state index in [1.165, 1.54) is 24.0 Å². The Kier molecular flexibility index (Phi) is 4.76. The van der Waals surface area contributed by atoms with Crippen molar-refractivity contribution in [3.8, 4) is 0 Å². The van der Waals surface area contributed by atoms with Crippen molar-refractivity contribution in [2.45, 2.75) is 38.0 Å². The van der Waals surface area contributed by atoms with E-state index in [2.05, 4.69) is 29.6 Å². The van der Waals surface area contributed by atoms with Crippen LogP contribution in [0.1, 0.15) is 42.7 Å². The van der Waals surface area contributed by atoms with Crippen molar-refractivity contribution in [3.63, 3.8) is 0 Å². The minimum Gasteiger partial charge on any atom is -0.481 e. The van der Waals surface area contributed by atoms with E-state index in [0.717, 1.165) is 25.9 Å². The molecule has 0 aliphatic carbocycles. The predicted molar refractivity (Wildman–Crippen MR) is 71.9 cm³/mol. The number of hydrogen-bond donors (Lipinski definition) is 2. The lowest BCUT2D eigenvalue weighted by Crippen LogP contribution is -2.28. The van der Waals surface area contributed by atoms with Gasteiger partial charge in [0.25, 0.3) is 0 Å². The van der Waals surface area contributed by atoms with Gasteiger partial charge in [0.2, 0.25) is 0 Å². The quantitative estimate of drug-likeness (QED) is 0.840. The molecule has 1 unspecified atom stereocenters. The molecule has 1 aliphatic rings. The zero-order valence-electron chi connectivity index (χ0n) is 10.7. The topological polar surface area (TPSA) is 49.3 Å². The summed E-state index contributed by atoms with van der Waals surface area (Å²) < 4.78 is 0. The Morgan fingerprint density at radius 3 is 3.06 bits per heavy atom. The van der Waals surface area contributed by atoms with Gasteiger partial charge in [-0.05, 0) is 49.3 Å². The zero-order valence-corrected chi connectivity index (χ0v) is 10.7. The summed E-state index contributed by atoms with van der Waals surface area (Å²) in [6, 6.07) is 8.64. The van der Waals surface area contributed by atoms with E-state index < -0.39 is 5.97 Å². The van der Waals surface area contributed by atoms with E-state index in [-0.39, 0.29) is 6.42 Å². The maximum atomic E-state index is 10.5. The normalized spacial score (nSPS) is 19.7. The smallest absolute Gasteiger partial charge is 0.303 e. The number of carbonyl (C=O) groups is 1. The van der Waals surface area contributed by atoms with E-state index >= 15 is 0 Å². The second kappa shape index (κ2) is 6.55. The second-order valence-electron chi connectivity index (χ2n) is 5.04. The Hall–Kier alpha value is -1.35. The van der Waals surface area contributed by atoms with Gasteiger partial charge in [-0.25, -0.2) is 0 Å². The van der Waals surface area contributed by atoms with E-state index in [9.17, 15) is 4.79 Å². The van der Waals surface area contributed by atoms with Gasteiger partial charge in [-0.3, -0.25) is 4.79 Å². The second-order valence-corrected chi connectivity index (χ2v) is 5.04. The number of carboxylic acids is 1. The summed E-state index contributed by atoms with van der Waals surface area (Å²) in [6.07, 6.45) is 4.34. The van der Waals surface area contributed by atoms with Crippen molar-refractivity contribution >= 4 is 5.97 Å². The molecular weight excluding hydrogens is 226 g/mol. The molecule has 2 rings (SSSR count). The van der Waals surface area contributed by atoms with Crippen molar-refractivity contribution in [2.24, 2.45) is 0 Å². The monoisotopic (exact) mass is 247 g/mol. The van der Waals surface area contributed by atoms with Crippen molar-refractivity contribution in [1.29, 1.82) is 0 Å². The Bertz CT molecular complexity index is 397. The molecule has 0 radical (unpaired) electrons. The lowest BCUT2D eigenvalue weighted by atomic mass is 9.90. The van der Waals surface area contributed by atoms with E-state index in [4.69, 9.17) is 5.11 Å². The number of benzene rings is 1. The summed E-state index contributed by atoms with van der Waals surface area (Å²) in [5.74, 6) is -0.0826. The first-order chi connectivity index (χ1) is 8.75. The molecule has 1 atom stereocenters. The third-order valence-electron chi connectivity index (χ3n) is 3.58. The fourth-order valence-corrected chi connectivity index (χ4v) is 2.58. The van der Waals surface area contributed by atoms with Crippen LogP contribution in [0.4, 0.5) is 0 Å². The van der Waals surface area contributed by atoms with Crippen LogP contribution in [0.3, 0.4) is 0 Å². The maximum absolute atomic E-state index is 10.5. The Morgan fingerprint density at radius 1 is 1.44 bits per heavy atom. The zero-order chi connectivity index (χ0) is 12.8. The van der Waals surface area contributed by atoms with Gasteiger partial charge in [-0.15, -0.1) is 0 Å². The Labute approximate surface area is 108 Å². The Balaban J connectivity index is 1.93. The average Bonchev–Trinajstić information content (AvgIpc) is 2.40. The van der Waals surface area contributed by atoms with Gasteiger partial charge < -0.3 is 10.4 Å². The van der Waals surface area contributed by atoms with Crippen LogP contribution in [0.15, 0.2) is 24.3 Å².